The van der Waals surface area contributed by atoms with E-state index in [2.05, 4.69) is 46.7 Å². The summed E-state index contributed by atoms with van der Waals surface area (Å²) in [5.41, 5.74) is 5.46. The molecule has 0 atom stereocenters. The van der Waals surface area contributed by atoms with Gasteiger partial charge in [0, 0.05) is 11.2 Å². The van der Waals surface area contributed by atoms with Crippen molar-refractivity contribution in [3.63, 3.8) is 0 Å². The second kappa shape index (κ2) is 7.28. The molecule has 3 heteroatoms. The molecule has 0 saturated carbocycles. The fourth-order valence-electron chi connectivity index (χ4n) is 3.12. The molecular weight excluding hydrogens is 320 g/mol. The molecule has 0 aliphatic rings. The van der Waals surface area contributed by atoms with E-state index in [4.69, 9.17) is 0 Å². The van der Waals surface area contributed by atoms with Crippen LogP contribution in [-0.4, -0.2) is 10.9 Å². The minimum Gasteiger partial charge on any atom is -0.357 e. The maximum atomic E-state index is 12.2. The van der Waals surface area contributed by atoms with Crippen LogP contribution in [0.2, 0.25) is 0 Å². The van der Waals surface area contributed by atoms with Gasteiger partial charge in [-0.2, -0.15) is 0 Å². The molecular formula is C23H20N2O. The van der Waals surface area contributed by atoms with Gasteiger partial charge in [0.1, 0.15) is 0 Å². The summed E-state index contributed by atoms with van der Waals surface area (Å²) < 4.78 is 0. The quantitative estimate of drug-likeness (QED) is 0.544. The number of hydrogen-bond donors (Lipinski definition) is 2. The predicted molar refractivity (Wildman–Crippen MR) is 106 cm³/mol. The summed E-state index contributed by atoms with van der Waals surface area (Å²) in [7, 11) is 0. The number of rotatable bonds is 5. The van der Waals surface area contributed by atoms with E-state index >= 15 is 0 Å². The monoisotopic (exact) mass is 340 g/mol. The molecule has 26 heavy (non-hydrogen) atoms. The van der Waals surface area contributed by atoms with Crippen molar-refractivity contribution >= 4 is 16.8 Å². The summed E-state index contributed by atoms with van der Waals surface area (Å²) in [6.45, 7) is 0.510. The molecule has 3 aromatic carbocycles. The summed E-state index contributed by atoms with van der Waals surface area (Å²) >= 11 is 0. The lowest BCUT2D eigenvalue weighted by Gasteiger charge is -2.06. The van der Waals surface area contributed by atoms with Gasteiger partial charge in [-0.3, -0.25) is 4.79 Å². The van der Waals surface area contributed by atoms with Gasteiger partial charge in [-0.05, 0) is 34.2 Å². The van der Waals surface area contributed by atoms with E-state index in [9.17, 15) is 4.79 Å². The average molecular weight is 340 g/mol. The number of amides is 1. The Morgan fingerprint density at radius 1 is 0.808 bits per heavy atom. The minimum absolute atomic E-state index is 0.0242. The number of para-hydroxylation sites is 1. The number of H-pyrrole nitrogens is 1. The highest BCUT2D eigenvalue weighted by Crippen LogP contribution is 2.19. The van der Waals surface area contributed by atoms with Crippen molar-refractivity contribution in [2.24, 2.45) is 0 Å². The summed E-state index contributed by atoms with van der Waals surface area (Å²) in [5, 5.41) is 4.14. The number of fused-ring (bicyclic) bond motifs is 1. The molecule has 0 radical (unpaired) electrons. The topological polar surface area (TPSA) is 44.9 Å². The highest BCUT2D eigenvalue weighted by atomic mass is 16.1. The molecule has 0 fully saturated rings. The molecule has 0 aliphatic carbocycles. The molecule has 128 valence electrons. The Morgan fingerprint density at radius 3 is 2.27 bits per heavy atom. The van der Waals surface area contributed by atoms with Crippen LogP contribution in [0.1, 0.15) is 11.3 Å². The van der Waals surface area contributed by atoms with Crippen molar-refractivity contribution in [3.05, 3.63) is 96.2 Å². The van der Waals surface area contributed by atoms with Gasteiger partial charge in [0.05, 0.1) is 13.0 Å². The Bertz CT molecular complexity index is 984. The molecule has 0 bridgehead atoms. The standard InChI is InChI=1S/C23H20N2O/c26-23(24-16-21-15-20-8-4-5-9-22(20)25-21)14-17-10-12-19(13-11-17)18-6-2-1-3-7-18/h1-13,15,25H,14,16H2,(H,24,26). The van der Waals surface area contributed by atoms with Crippen molar-refractivity contribution in [2.75, 3.05) is 0 Å². The van der Waals surface area contributed by atoms with E-state index in [1.165, 1.54) is 5.56 Å². The Labute approximate surface area is 152 Å². The summed E-state index contributed by atoms with van der Waals surface area (Å²) in [5.74, 6) is 0.0242. The lowest BCUT2D eigenvalue weighted by atomic mass is 10.0. The van der Waals surface area contributed by atoms with Gasteiger partial charge < -0.3 is 10.3 Å². The third-order valence-electron chi connectivity index (χ3n) is 4.49. The zero-order valence-electron chi connectivity index (χ0n) is 14.4. The van der Waals surface area contributed by atoms with Crippen LogP contribution in [-0.2, 0) is 17.8 Å². The highest BCUT2D eigenvalue weighted by molar-refractivity contribution is 5.81. The maximum absolute atomic E-state index is 12.2. The van der Waals surface area contributed by atoms with Crippen LogP contribution < -0.4 is 5.32 Å². The van der Waals surface area contributed by atoms with Gasteiger partial charge in [-0.15, -0.1) is 0 Å². The van der Waals surface area contributed by atoms with Gasteiger partial charge in [0.25, 0.3) is 0 Å². The Kier molecular flexibility index (Phi) is 4.52. The van der Waals surface area contributed by atoms with E-state index < -0.39 is 0 Å². The first-order chi connectivity index (χ1) is 12.8. The van der Waals surface area contributed by atoms with E-state index in [1.807, 2.05) is 48.5 Å². The molecule has 4 rings (SSSR count). The minimum atomic E-state index is 0.0242. The number of aromatic amines is 1. The zero-order chi connectivity index (χ0) is 17.8. The van der Waals surface area contributed by atoms with Crippen LogP contribution in [0.4, 0.5) is 0 Å². The Balaban J connectivity index is 1.35. The third kappa shape index (κ3) is 3.67. The fraction of sp³-hybridized carbons (Fsp3) is 0.0870. The van der Waals surface area contributed by atoms with E-state index in [-0.39, 0.29) is 5.91 Å². The Morgan fingerprint density at radius 2 is 1.50 bits per heavy atom. The number of nitrogens with one attached hydrogen (secondary N) is 2. The van der Waals surface area contributed by atoms with Gasteiger partial charge in [-0.25, -0.2) is 0 Å². The number of carbonyl (C=O) groups excluding carboxylic acids is 1. The van der Waals surface area contributed by atoms with E-state index in [0.717, 1.165) is 27.7 Å². The largest absolute Gasteiger partial charge is 0.357 e. The second-order valence-electron chi connectivity index (χ2n) is 6.40. The predicted octanol–water partition coefficient (Wildman–Crippen LogP) is 4.69. The molecule has 0 aliphatic heterocycles. The normalized spacial score (nSPS) is 10.8. The van der Waals surface area contributed by atoms with Crippen molar-refractivity contribution in [3.8, 4) is 11.1 Å². The van der Waals surface area contributed by atoms with Crippen molar-refractivity contribution in [1.82, 2.24) is 10.3 Å². The molecule has 0 unspecified atom stereocenters. The highest BCUT2D eigenvalue weighted by Gasteiger charge is 2.06. The van der Waals surface area contributed by atoms with Crippen molar-refractivity contribution in [2.45, 2.75) is 13.0 Å². The first-order valence-corrected chi connectivity index (χ1v) is 8.76. The van der Waals surface area contributed by atoms with Gasteiger partial charge in [-0.1, -0.05) is 72.8 Å². The van der Waals surface area contributed by atoms with Crippen LogP contribution in [0.25, 0.3) is 22.0 Å². The van der Waals surface area contributed by atoms with E-state index in [1.54, 1.807) is 0 Å². The van der Waals surface area contributed by atoms with Crippen LogP contribution >= 0.6 is 0 Å². The molecule has 2 N–H and O–H groups in total. The first kappa shape index (κ1) is 16.2. The smallest absolute Gasteiger partial charge is 0.224 e. The zero-order valence-corrected chi connectivity index (χ0v) is 14.4. The molecule has 0 spiro atoms. The molecule has 0 saturated heterocycles. The molecule has 4 aromatic rings. The fourth-order valence-corrected chi connectivity index (χ4v) is 3.12. The van der Waals surface area contributed by atoms with Crippen LogP contribution in [0.3, 0.4) is 0 Å². The number of aromatic nitrogens is 1. The summed E-state index contributed by atoms with van der Waals surface area (Å²) in [6.07, 6.45) is 0.384. The van der Waals surface area contributed by atoms with Crippen LogP contribution in [0.5, 0.6) is 0 Å². The van der Waals surface area contributed by atoms with Gasteiger partial charge in [0.2, 0.25) is 5.91 Å². The van der Waals surface area contributed by atoms with Crippen molar-refractivity contribution in [1.29, 1.82) is 0 Å². The summed E-state index contributed by atoms with van der Waals surface area (Å²) in [4.78, 5) is 15.6. The molecule has 1 aromatic heterocycles. The average Bonchev–Trinajstić information content (AvgIpc) is 3.11. The molecule has 1 heterocycles. The lowest BCUT2D eigenvalue weighted by molar-refractivity contribution is -0.120. The van der Waals surface area contributed by atoms with Crippen LogP contribution in [0.15, 0.2) is 84.9 Å². The SMILES string of the molecule is O=C(Cc1ccc(-c2ccccc2)cc1)NCc1cc2ccccc2[nH]1. The molecule has 3 nitrogen and oxygen atoms in total. The second-order valence-corrected chi connectivity index (χ2v) is 6.40. The number of carbonyl (C=O) groups is 1. The van der Waals surface area contributed by atoms with Crippen molar-refractivity contribution < 1.29 is 4.79 Å². The Hall–Kier alpha value is -3.33. The first-order valence-electron chi connectivity index (χ1n) is 8.76. The number of hydrogen-bond acceptors (Lipinski definition) is 1. The van der Waals surface area contributed by atoms with Gasteiger partial charge in [0.15, 0.2) is 0 Å². The van der Waals surface area contributed by atoms with E-state index in [0.29, 0.717) is 13.0 Å². The molecule has 1 amide bonds. The number of benzene rings is 3. The maximum Gasteiger partial charge on any atom is 0.224 e. The third-order valence-corrected chi connectivity index (χ3v) is 4.49. The van der Waals surface area contributed by atoms with Crippen LogP contribution in [0, 0.1) is 0 Å². The summed E-state index contributed by atoms with van der Waals surface area (Å²) in [6, 6.07) is 28.6. The van der Waals surface area contributed by atoms with Gasteiger partial charge >= 0.3 is 0 Å². The lowest BCUT2D eigenvalue weighted by Crippen LogP contribution is -2.24.